The lowest BCUT2D eigenvalue weighted by atomic mass is 9.94. The zero-order valence-corrected chi connectivity index (χ0v) is 9.36. The van der Waals surface area contributed by atoms with Gasteiger partial charge in [0.15, 0.2) is 0 Å². The fourth-order valence-electron chi connectivity index (χ4n) is 1.76. The fraction of sp³-hybridized carbons (Fsp3) is 0.462. The number of aryl methyl sites for hydroxylation is 1. The number of hydrogen-bond acceptors (Lipinski definition) is 1. The van der Waals surface area contributed by atoms with Crippen molar-refractivity contribution in [2.24, 2.45) is 0 Å². The summed E-state index contributed by atoms with van der Waals surface area (Å²) in [6, 6.07) is 8.27. The second-order valence-electron chi connectivity index (χ2n) is 4.10. The molecule has 2 nitrogen and oxygen atoms in total. The molecule has 0 saturated heterocycles. The van der Waals surface area contributed by atoms with E-state index in [4.69, 9.17) is 5.11 Å². The molecular weight excluding hydrogens is 188 g/mol. The smallest absolute Gasteiger partial charge is 0.303 e. The fourth-order valence-corrected chi connectivity index (χ4v) is 1.76. The molecule has 1 aromatic carbocycles. The summed E-state index contributed by atoms with van der Waals surface area (Å²) >= 11 is 0. The van der Waals surface area contributed by atoms with Crippen LogP contribution >= 0.6 is 0 Å². The number of aliphatic carboxylic acids is 1. The predicted octanol–water partition coefficient (Wildman–Crippen LogP) is 3.22. The van der Waals surface area contributed by atoms with Crippen molar-refractivity contribution in [2.45, 2.75) is 39.0 Å². The van der Waals surface area contributed by atoms with E-state index >= 15 is 0 Å². The zero-order chi connectivity index (χ0) is 11.3. The second kappa shape index (κ2) is 5.54. The van der Waals surface area contributed by atoms with Crippen molar-refractivity contribution in [3.63, 3.8) is 0 Å². The van der Waals surface area contributed by atoms with Crippen LogP contribution in [0, 0.1) is 0 Å². The predicted molar refractivity (Wildman–Crippen MR) is 61.1 cm³/mol. The van der Waals surface area contributed by atoms with Gasteiger partial charge in [-0.2, -0.15) is 0 Å². The van der Waals surface area contributed by atoms with Gasteiger partial charge in [0.05, 0.1) is 0 Å². The van der Waals surface area contributed by atoms with E-state index in [9.17, 15) is 4.79 Å². The molecule has 0 aliphatic rings. The molecule has 0 saturated carbocycles. The minimum Gasteiger partial charge on any atom is -0.481 e. The lowest BCUT2D eigenvalue weighted by Gasteiger charge is -2.11. The van der Waals surface area contributed by atoms with Gasteiger partial charge in [0.1, 0.15) is 0 Å². The number of carboxylic acids is 1. The third kappa shape index (κ3) is 3.74. The first-order chi connectivity index (χ1) is 7.11. The Labute approximate surface area is 90.9 Å². The van der Waals surface area contributed by atoms with Gasteiger partial charge in [0, 0.05) is 6.42 Å². The van der Waals surface area contributed by atoms with Gasteiger partial charge in [0.2, 0.25) is 0 Å². The van der Waals surface area contributed by atoms with Crippen LogP contribution in [-0.2, 0) is 11.2 Å². The summed E-state index contributed by atoms with van der Waals surface area (Å²) in [6.45, 7) is 4.33. The normalized spacial score (nSPS) is 10.6. The van der Waals surface area contributed by atoms with Gasteiger partial charge in [-0.05, 0) is 29.9 Å². The van der Waals surface area contributed by atoms with Crippen molar-refractivity contribution in [2.75, 3.05) is 0 Å². The van der Waals surface area contributed by atoms with Crippen LogP contribution in [0.4, 0.5) is 0 Å². The average Bonchev–Trinajstić information content (AvgIpc) is 2.17. The molecule has 0 atom stereocenters. The summed E-state index contributed by atoms with van der Waals surface area (Å²) in [7, 11) is 0. The van der Waals surface area contributed by atoms with Crippen LogP contribution in [0.5, 0.6) is 0 Å². The Balaban J connectivity index is 2.63. The first kappa shape index (κ1) is 11.8. The largest absolute Gasteiger partial charge is 0.481 e. The first-order valence-corrected chi connectivity index (χ1v) is 5.41. The van der Waals surface area contributed by atoms with Crippen molar-refractivity contribution in [1.29, 1.82) is 0 Å². The Morgan fingerprint density at radius 1 is 1.33 bits per heavy atom. The van der Waals surface area contributed by atoms with Gasteiger partial charge in [-0.1, -0.05) is 38.1 Å². The highest BCUT2D eigenvalue weighted by Gasteiger charge is 2.06. The lowest BCUT2D eigenvalue weighted by Crippen LogP contribution is -1.99. The van der Waals surface area contributed by atoms with Gasteiger partial charge in [0.25, 0.3) is 0 Å². The van der Waals surface area contributed by atoms with E-state index in [0.717, 1.165) is 12.8 Å². The van der Waals surface area contributed by atoms with E-state index < -0.39 is 5.97 Å². The maximum Gasteiger partial charge on any atom is 0.303 e. The summed E-state index contributed by atoms with van der Waals surface area (Å²) in [6.07, 6.45) is 1.84. The highest BCUT2D eigenvalue weighted by atomic mass is 16.4. The standard InChI is InChI=1S/C13H18O2/c1-10(2)12-8-4-3-6-11(12)7-5-9-13(14)15/h3-4,6,8,10H,5,7,9H2,1-2H3,(H,14,15). The van der Waals surface area contributed by atoms with Crippen LogP contribution < -0.4 is 0 Å². The van der Waals surface area contributed by atoms with Crippen molar-refractivity contribution in [1.82, 2.24) is 0 Å². The molecule has 0 aliphatic carbocycles. The second-order valence-corrected chi connectivity index (χ2v) is 4.10. The molecule has 0 amide bonds. The third-order valence-electron chi connectivity index (χ3n) is 2.51. The highest BCUT2D eigenvalue weighted by Crippen LogP contribution is 2.20. The zero-order valence-electron chi connectivity index (χ0n) is 9.36. The van der Waals surface area contributed by atoms with Gasteiger partial charge in [-0.25, -0.2) is 0 Å². The van der Waals surface area contributed by atoms with Gasteiger partial charge in [-0.3, -0.25) is 4.79 Å². The van der Waals surface area contributed by atoms with Crippen LogP contribution in [0.25, 0.3) is 0 Å². The number of hydrogen-bond donors (Lipinski definition) is 1. The molecule has 0 radical (unpaired) electrons. The van der Waals surface area contributed by atoms with Crippen LogP contribution in [0.15, 0.2) is 24.3 Å². The van der Waals surface area contributed by atoms with Crippen molar-refractivity contribution in [3.05, 3.63) is 35.4 Å². The summed E-state index contributed by atoms with van der Waals surface area (Å²) in [4.78, 5) is 10.4. The Morgan fingerprint density at radius 3 is 2.60 bits per heavy atom. The van der Waals surface area contributed by atoms with Crippen LogP contribution in [-0.4, -0.2) is 11.1 Å². The first-order valence-electron chi connectivity index (χ1n) is 5.41. The Kier molecular flexibility index (Phi) is 4.35. The summed E-state index contributed by atoms with van der Waals surface area (Å²) in [5, 5.41) is 8.57. The topological polar surface area (TPSA) is 37.3 Å². The Hall–Kier alpha value is -1.31. The van der Waals surface area contributed by atoms with Gasteiger partial charge in [-0.15, -0.1) is 0 Å². The number of benzene rings is 1. The van der Waals surface area contributed by atoms with E-state index in [0.29, 0.717) is 5.92 Å². The Morgan fingerprint density at radius 2 is 2.00 bits per heavy atom. The molecule has 0 fully saturated rings. The summed E-state index contributed by atoms with van der Waals surface area (Å²) < 4.78 is 0. The minimum absolute atomic E-state index is 0.256. The maximum atomic E-state index is 10.4. The van der Waals surface area contributed by atoms with Crippen LogP contribution in [0.3, 0.4) is 0 Å². The third-order valence-corrected chi connectivity index (χ3v) is 2.51. The molecule has 0 aromatic heterocycles. The maximum absolute atomic E-state index is 10.4. The molecule has 0 heterocycles. The summed E-state index contributed by atoms with van der Waals surface area (Å²) in [5.41, 5.74) is 2.62. The lowest BCUT2D eigenvalue weighted by molar-refractivity contribution is -0.137. The van der Waals surface area contributed by atoms with E-state index in [1.54, 1.807) is 0 Å². The van der Waals surface area contributed by atoms with Gasteiger partial charge < -0.3 is 5.11 Å². The number of carbonyl (C=O) groups is 1. The molecular formula is C13H18O2. The SMILES string of the molecule is CC(C)c1ccccc1CCCC(=O)O. The van der Waals surface area contributed by atoms with E-state index in [-0.39, 0.29) is 6.42 Å². The molecule has 82 valence electrons. The Bertz CT molecular complexity index is 329. The highest BCUT2D eigenvalue weighted by molar-refractivity contribution is 5.66. The average molecular weight is 206 g/mol. The molecule has 1 aromatic rings. The van der Waals surface area contributed by atoms with E-state index in [1.165, 1.54) is 11.1 Å². The molecule has 0 spiro atoms. The van der Waals surface area contributed by atoms with Gasteiger partial charge >= 0.3 is 5.97 Å². The molecule has 15 heavy (non-hydrogen) atoms. The van der Waals surface area contributed by atoms with Crippen LogP contribution in [0.2, 0.25) is 0 Å². The monoisotopic (exact) mass is 206 g/mol. The summed E-state index contributed by atoms with van der Waals surface area (Å²) in [5.74, 6) is -0.206. The van der Waals surface area contributed by atoms with E-state index in [2.05, 4.69) is 26.0 Å². The molecule has 1 N–H and O–H groups in total. The molecule has 1 rings (SSSR count). The number of carboxylic acid groups (broad SMARTS) is 1. The van der Waals surface area contributed by atoms with E-state index in [1.807, 2.05) is 12.1 Å². The van der Waals surface area contributed by atoms with Crippen molar-refractivity contribution in [3.8, 4) is 0 Å². The van der Waals surface area contributed by atoms with Crippen molar-refractivity contribution < 1.29 is 9.90 Å². The molecule has 0 aliphatic heterocycles. The minimum atomic E-state index is -0.711. The quantitative estimate of drug-likeness (QED) is 0.803. The van der Waals surface area contributed by atoms with Crippen molar-refractivity contribution >= 4 is 5.97 Å². The molecule has 2 heteroatoms. The number of rotatable bonds is 5. The molecule has 0 bridgehead atoms. The van der Waals surface area contributed by atoms with Crippen LogP contribution in [0.1, 0.15) is 43.7 Å². The molecule has 0 unspecified atom stereocenters.